The third-order valence-corrected chi connectivity index (χ3v) is 3.33. The molecule has 2 atom stereocenters. The molecule has 0 aliphatic rings. The van der Waals surface area contributed by atoms with Gasteiger partial charge in [-0.05, 0) is 43.9 Å². The lowest BCUT2D eigenvalue weighted by molar-refractivity contribution is -0.146. The second kappa shape index (κ2) is 6.01. The highest BCUT2D eigenvalue weighted by Gasteiger charge is 2.28. The van der Waals surface area contributed by atoms with E-state index in [0.717, 1.165) is 28.7 Å². The largest absolute Gasteiger partial charge is 0.481 e. The maximum atomic E-state index is 11.2. The van der Waals surface area contributed by atoms with Gasteiger partial charge in [-0.3, -0.25) is 4.79 Å². The van der Waals surface area contributed by atoms with E-state index >= 15 is 0 Å². The van der Waals surface area contributed by atoms with Gasteiger partial charge in [-0.1, -0.05) is 31.0 Å². The summed E-state index contributed by atoms with van der Waals surface area (Å²) in [7, 11) is 0. The Balaban J connectivity index is 3.16. The summed E-state index contributed by atoms with van der Waals surface area (Å²) >= 11 is 0. The number of carbonyl (C=O) groups is 1. The van der Waals surface area contributed by atoms with Crippen LogP contribution < -0.4 is 0 Å². The standard InChI is InChI=1S/C15H22O3/c1-5-6-12(15(17)18)14(16)13-10(3)7-9(2)8-11(13)4/h7-8,12,14,16H,5-6H2,1-4H3,(H,17,18). The van der Waals surface area contributed by atoms with E-state index in [0.29, 0.717) is 6.42 Å². The van der Waals surface area contributed by atoms with Gasteiger partial charge in [0, 0.05) is 0 Å². The van der Waals surface area contributed by atoms with E-state index < -0.39 is 18.0 Å². The first-order valence-electron chi connectivity index (χ1n) is 6.37. The highest BCUT2D eigenvalue weighted by Crippen LogP contribution is 2.31. The second-order valence-electron chi connectivity index (χ2n) is 4.99. The van der Waals surface area contributed by atoms with Crippen LogP contribution in [0, 0.1) is 26.7 Å². The summed E-state index contributed by atoms with van der Waals surface area (Å²) in [5, 5.41) is 19.6. The van der Waals surface area contributed by atoms with Crippen LogP contribution in [0.3, 0.4) is 0 Å². The Hall–Kier alpha value is -1.35. The molecule has 100 valence electrons. The van der Waals surface area contributed by atoms with Gasteiger partial charge in [0.2, 0.25) is 0 Å². The van der Waals surface area contributed by atoms with E-state index in [9.17, 15) is 15.0 Å². The lowest BCUT2D eigenvalue weighted by Gasteiger charge is -2.23. The van der Waals surface area contributed by atoms with Crippen LogP contribution in [0.5, 0.6) is 0 Å². The van der Waals surface area contributed by atoms with Crippen LogP contribution in [0.25, 0.3) is 0 Å². The highest BCUT2D eigenvalue weighted by molar-refractivity contribution is 5.71. The Bertz CT molecular complexity index is 414. The van der Waals surface area contributed by atoms with Gasteiger partial charge < -0.3 is 10.2 Å². The van der Waals surface area contributed by atoms with Crippen LogP contribution >= 0.6 is 0 Å². The summed E-state index contributed by atoms with van der Waals surface area (Å²) in [6, 6.07) is 3.97. The van der Waals surface area contributed by atoms with E-state index in [4.69, 9.17) is 0 Å². The molecule has 0 fully saturated rings. The monoisotopic (exact) mass is 250 g/mol. The van der Waals surface area contributed by atoms with Crippen LogP contribution in [0.2, 0.25) is 0 Å². The first-order chi connectivity index (χ1) is 8.38. The number of aliphatic hydroxyl groups excluding tert-OH is 1. The lowest BCUT2D eigenvalue weighted by atomic mass is 9.86. The van der Waals surface area contributed by atoms with Gasteiger partial charge in [-0.15, -0.1) is 0 Å². The van der Waals surface area contributed by atoms with Crippen molar-refractivity contribution in [2.75, 3.05) is 0 Å². The van der Waals surface area contributed by atoms with Crippen molar-refractivity contribution in [3.8, 4) is 0 Å². The molecule has 0 amide bonds. The Morgan fingerprint density at radius 3 is 2.11 bits per heavy atom. The molecule has 0 saturated carbocycles. The molecule has 1 aromatic rings. The van der Waals surface area contributed by atoms with E-state index in [1.165, 1.54) is 0 Å². The van der Waals surface area contributed by atoms with E-state index in [2.05, 4.69) is 0 Å². The number of hydrogen-bond acceptors (Lipinski definition) is 2. The summed E-state index contributed by atoms with van der Waals surface area (Å²) in [5.74, 6) is -1.65. The Labute approximate surface area is 108 Å². The first-order valence-corrected chi connectivity index (χ1v) is 6.37. The quantitative estimate of drug-likeness (QED) is 0.844. The minimum atomic E-state index is -0.928. The molecular weight excluding hydrogens is 228 g/mol. The van der Waals surface area contributed by atoms with E-state index in [-0.39, 0.29) is 0 Å². The molecule has 1 rings (SSSR count). The fourth-order valence-electron chi connectivity index (χ4n) is 2.59. The molecule has 0 spiro atoms. The number of carboxylic acids is 1. The van der Waals surface area contributed by atoms with Gasteiger partial charge in [-0.2, -0.15) is 0 Å². The molecule has 0 aromatic heterocycles. The normalized spacial score (nSPS) is 14.3. The molecule has 0 aliphatic heterocycles. The minimum absolute atomic E-state index is 0.489. The average molecular weight is 250 g/mol. The molecule has 3 nitrogen and oxygen atoms in total. The predicted octanol–water partition coefficient (Wildman–Crippen LogP) is 3.15. The van der Waals surface area contributed by atoms with E-state index in [1.807, 2.05) is 39.8 Å². The van der Waals surface area contributed by atoms with Gasteiger partial charge in [0.1, 0.15) is 0 Å². The Morgan fingerprint density at radius 1 is 1.22 bits per heavy atom. The van der Waals surface area contributed by atoms with Crippen LogP contribution in [0.1, 0.15) is 48.1 Å². The Kier molecular flexibility index (Phi) is 4.91. The van der Waals surface area contributed by atoms with Crippen molar-refractivity contribution in [3.05, 3.63) is 34.4 Å². The summed E-state index contributed by atoms with van der Waals surface area (Å²) in [4.78, 5) is 11.2. The number of carboxylic acid groups (broad SMARTS) is 1. The summed E-state index contributed by atoms with van der Waals surface area (Å²) in [6.07, 6.45) is 0.310. The SMILES string of the molecule is CCCC(C(=O)O)C(O)c1c(C)cc(C)cc1C. The molecule has 0 radical (unpaired) electrons. The van der Waals surface area contributed by atoms with Gasteiger partial charge >= 0.3 is 5.97 Å². The van der Waals surface area contributed by atoms with Gasteiger partial charge in [0.15, 0.2) is 0 Å². The molecule has 3 heteroatoms. The second-order valence-corrected chi connectivity index (χ2v) is 4.99. The number of aryl methyl sites for hydroxylation is 3. The predicted molar refractivity (Wildman–Crippen MR) is 71.6 cm³/mol. The smallest absolute Gasteiger partial charge is 0.309 e. The molecule has 1 aromatic carbocycles. The first kappa shape index (κ1) is 14.7. The zero-order valence-electron chi connectivity index (χ0n) is 11.5. The summed E-state index contributed by atoms with van der Waals surface area (Å²) in [5.41, 5.74) is 3.81. The zero-order valence-corrected chi connectivity index (χ0v) is 11.5. The van der Waals surface area contributed by atoms with Gasteiger partial charge in [-0.25, -0.2) is 0 Å². The molecule has 0 heterocycles. The topological polar surface area (TPSA) is 57.5 Å². The van der Waals surface area contributed by atoms with Crippen LogP contribution in [-0.2, 0) is 4.79 Å². The van der Waals surface area contributed by atoms with Crippen molar-refractivity contribution in [2.45, 2.75) is 46.6 Å². The van der Waals surface area contributed by atoms with E-state index in [1.54, 1.807) is 0 Å². The fourth-order valence-corrected chi connectivity index (χ4v) is 2.59. The number of rotatable bonds is 5. The molecule has 2 unspecified atom stereocenters. The minimum Gasteiger partial charge on any atom is -0.481 e. The van der Waals surface area contributed by atoms with Crippen LogP contribution in [0.15, 0.2) is 12.1 Å². The maximum Gasteiger partial charge on any atom is 0.309 e. The molecule has 0 bridgehead atoms. The third kappa shape index (κ3) is 3.10. The Morgan fingerprint density at radius 2 is 1.72 bits per heavy atom. The van der Waals surface area contributed by atoms with Crippen molar-refractivity contribution in [2.24, 2.45) is 5.92 Å². The molecule has 0 saturated heterocycles. The van der Waals surface area contributed by atoms with Crippen molar-refractivity contribution in [3.63, 3.8) is 0 Å². The number of aliphatic carboxylic acids is 1. The van der Waals surface area contributed by atoms with Crippen molar-refractivity contribution >= 4 is 5.97 Å². The fraction of sp³-hybridized carbons (Fsp3) is 0.533. The van der Waals surface area contributed by atoms with Crippen LogP contribution in [-0.4, -0.2) is 16.2 Å². The van der Waals surface area contributed by atoms with Crippen molar-refractivity contribution in [1.82, 2.24) is 0 Å². The zero-order chi connectivity index (χ0) is 13.9. The van der Waals surface area contributed by atoms with Crippen molar-refractivity contribution in [1.29, 1.82) is 0 Å². The van der Waals surface area contributed by atoms with Crippen LogP contribution in [0.4, 0.5) is 0 Å². The molecule has 2 N–H and O–H groups in total. The number of hydrogen-bond donors (Lipinski definition) is 2. The third-order valence-electron chi connectivity index (χ3n) is 3.33. The molecular formula is C15H22O3. The summed E-state index contributed by atoms with van der Waals surface area (Å²) < 4.78 is 0. The van der Waals surface area contributed by atoms with Crippen molar-refractivity contribution < 1.29 is 15.0 Å². The summed E-state index contributed by atoms with van der Waals surface area (Å²) in [6.45, 7) is 7.77. The van der Waals surface area contributed by atoms with Gasteiger partial charge in [0.05, 0.1) is 12.0 Å². The molecule has 0 aliphatic carbocycles. The molecule has 18 heavy (non-hydrogen) atoms. The average Bonchev–Trinajstić information content (AvgIpc) is 2.23. The van der Waals surface area contributed by atoms with Gasteiger partial charge in [0.25, 0.3) is 0 Å². The lowest BCUT2D eigenvalue weighted by Crippen LogP contribution is -2.23. The highest BCUT2D eigenvalue weighted by atomic mass is 16.4. The number of aliphatic hydroxyl groups is 1. The maximum absolute atomic E-state index is 11.2. The number of benzene rings is 1.